The molecule has 0 bridgehead atoms. The fourth-order valence-corrected chi connectivity index (χ4v) is 3.08. The summed E-state index contributed by atoms with van der Waals surface area (Å²) in [5.74, 6) is 0. The highest BCUT2D eigenvalue weighted by Gasteiger charge is 2.11. The highest BCUT2D eigenvalue weighted by atomic mass is 32.2. The lowest BCUT2D eigenvalue weighted by Gasteiger charge is -2.11. The first-order valence-electron chi connectivity index (χ1n) is 7.43. The van der Waals surface area contributed by atoms with Gasteiger partial charge in [0.1, 0.15) is 0 Å². The number of aromatic nitrogens is 1. The highest BCUT2D eigenvalue weighted by Crippen LogP contribution is 2.26. The maximum atomic E-state index is 12.1. The Morgan fingerprint density at radius 1 is 0.880 bits per heavy atom. The maximum absolute atomic E-state index is 12.1. The van der Waals surface area contributed by atoms with Crippen molar-refractivity contribution in [1.29, 1.82) is 0 Å². The van der Waals surface area contributed by atoms with Crippen molar-refractivity contribution in [3.05, 3.63) is 77.1 Å². The Balaban J connectivity index is 2.13. The van der Waals surface area contributed by atoms with Crippen LogP contribution in [0.15, 0.2) is 71.5 Å². The van der Waals surface area contributed by atoms with Gasteiger partial charge in [0, 0.05) is 17.3 Å². The van der Waals surface area contributed by atoms with Crippen LogP contribution in [0.4, 0.5) is 5.69 Å². The lowest BCUT2D eigenvalue weighted by atomic mass is 10.0. The number of nitrogens with zero attached hydrogens (tertiary/aromatic N) is 1. The summed E-state index contributed by atoms with van der Waals surface area (Å²) >= 11 is 0. The molecule has 0 amide bonds. The molecule has 128 valence electrons. The summed E-state index contributed by atoms with van der Waals surface area (Å²) in [6.07, 6.45) is 1.05. The summed E-state index contributed by atoms with van der Waals surface area (Å²) in [6, 6.07) is 18.8. The molecule has 25 heavy (non-hydrogen) atoms. The van der Waals surface area contributed by atoms with Crippen molar-refractivity contribution in [3.63, 3.8) is 0 Å². The third kappa shape index (κ3) is 3.89. The second-order valence-electron chi connectivity index (χ2n) is 5.60. The van der Waals surface area contributed by atoms with Crippen LogP contribution in [0.2, 0.25) is 0 Å². The molecule has 0 fully saturated rings. The Morgan fingerprint density at radius 3 is 2.24 bits per heavy atom. The molecule has 0 aliphatic rings. The maximum Gasteiger partial charge on any atom is 0.283 e. The van der Waals surface area contributed by atoms with Gasteiger partial charge in [-0.2, -0.15) is 0 Å². The van der Waals surface area contributed by atoms with Gasteiger partial charge < -0.3 is 5.21 Å². The molecule has 0 atom stereocenters. The molecule has 1 heterocycles. The van der Waals surface area contributed by atoms with Crippen LogP contribution in [0, 0.1) is 0 Å². The average Bonchev–Trinajstić information content (AvgIpc) is 2.56. The standard InChI is InChI=1S/C18H16N2O4S/c1-25(23,24)19-16-9-5-8-14(10-16)17-11-15(12-18(21)20(17)22)13-6-3-2-4-7-13/h2-12,19,22H,1H3. The number of pyridine rings is 1. The van der Waals surface area contributed by atoms with Gasteiger partial charge in [0.25, 0.3) is 5.56 Å². The highest BCUT2D eigenvalue weighted by molar-refractivity contribution is 7.92. The molecule has 2 aromatic carbocycles. The van der Waals surface area contributed by atoms with Crippen molar-refractivity contribution in [2.75, 3.05) is 11.0 Å². The summed E-state index contributed by atoms with van der Waals surface area (Å²) in [5.41, 5.74) is 2.05. The van der Waals surface area contributed by atoms with E-state index in [-0.39, 0.29) is 5.69 Å². The summed E-state index contributed by atoms with van der Waals surface area (Å²) in [6.45, 7) is 0. The fraction of sp³-hybridized carbons (Fsp3) is 0.0556. The summed E-state index contributed by atoms with van der Waals surface area (Å²) in [5, 5.41) is 10.1. The lowest BCUT2D eigenvalue weighted by Crippen LogP contribution is -2.18. The van der Waals surface area contributed by atoms with E-state index in [2.05, 4.69) is 4.72 Å². The molecular weight excluding hydrogens is 340 g/mol. The molecule has 3 aromatic rings. The minimum atomic E-state index is -3.43. The molecule has 0 unspecified atom stereocenters. The Kier molecular flexibility index (Phi) is 4.33. The second kappa shape index (κ2) is 6.45. The molecule has 3 rings (SSSR count). The minimum absolute atomic E-state index is 0.267. The number of hydrogen-bond acceptors (Lipinski definition) is 4. The molecular formula is C18H16N2O4S. The number of rotatable bonds is 4. The zero-order valence-electron chi connectivity index (χ0n) is 13.4. The molecule has 1 aromatic heterocycles. The van der Waals surface area contributed by atoms with E-state index in [1.165, 1.54) is 6.07 Å². The average molecular weight is 356 g/mol. The predicted molar refractivity (Wildman–Crippen MR) is 97.2 cm³/mol. The van der Waals surface area contributed by atoms with E-state index >= 15 is 0 Å². The van der Waals surface area contributed by atoms with Crippen LogP contribution in [-0.2, 0) is 10.0 Å². The third-order valence-electron chi connectivity index (χ3n) is 3.58. The first-order chi connectivity index (χ1) is 11.8. The molecule has 0 saturated carbocycles. The zero-order valence-corrected chi connectivity index (χ0v) is 14.2. The SMILES string of the molecule is CS(=O)(=O)Nc1cccc(-c2cc(-c3ccccc3)cc(=O)n2O)c1. The quantitative estimate of drug-likeness (QED) is 0.704. The van der Waals surface area contributed by atoms with Gasteiger partial charge in [-0.3, -0.25) is 9.52 Å². The van der Waals surface area contributed by atoms with Crippen LogP contribution in [0.5, 0.6) is 0 Å². The molecule has 2 N–H and O–H groups in total. The first kappa shape index (κ1) is 16.8. The monoisotopic (exact) mass is 356 g/mol. The first-order valence-corrected chi connectivity index (χ1v) is 9.33. The summed E-state index contributed by atoms with van der Waals surface area (Å²) < 4.78 is 25.7. The van der Waals surface area contributed by atoms with Gasteiger partial charge in [-0.15, -0.1) is 4.73 Å². The van der Waals surface area contributed by atoms with Gasteiger partial charge in [-0.05, 0) is 29.3 Å². The van der Waals surface area contributed by atoms with Crippen molar-refractivity contribution >= 4 is 15.7 Å². The Hall–Kier alpha value is -3.06. The number of nitrogens with one attached hydrogen (secondary N) is 1. The Bertz CT molecular complexity index is 1070. The van der Waals surface area contributed by atoms with Gasteiger partial charge in [0.15, 0.2) is 0 Å². The predicted octanol–water partition coefficient (Wildman–Crippen LogP) is 2.79. The van der Waals surface area contributed by atoms with Gasteiger partial charge in [0.05, 0.1) is 11.9 Å². The topological polar surface area (TPSA) is 88.4 Å². The summed E-state index contributed by atoms with van der Waals surface area (Å²) in [7, 11) is -3.43. The van der Waals surface area contributed by atoms with Crippen LogP contribution in [0.3, 0.4) is 0 Å². The van der Waals surface area contributed by atoms with E-state index in [0.717, 1.165) is 11.8 Å². The molecule has 0 spiro atoms. The van der Waals surface area contributed by atoms with Crippen molar-refractivity contribution in [1.82, 2.24) is 4.73 Å². The number of sulfonamides is 1. The van der Waals surface area contributed by atoms with Crippen LogP contribution < -0.4 is 10.3 Å². The molecule has 0 aliphatic carbocycles. The van der Waals surface area contributed by atoms with Gasteiger partial charge >= 0.3 is 0 Å². The number of anilines is 1. The number of hydrogen-bond donors (Lipinski definition) is 2. The molecule has 0 saturated heterocycles. The van der Waals surface area contributed by atoms with Crippen molar-refractivity contribution in [2.24, 2.45) is 0 Å². The van der Waals surface area contributed by atoms with Gasteiger partial charge in [-0.25, -0.2) is 8.42 Å². The van der Waals surface area contributed by atoms with Crippen LogP contribution >= 0.6 is 0 Å². The molecule has 6 nitrogen and oxygen atoms in total. The Labute approximate surface area is 145 Å². The van der Waals surface area contributed by atoms with E-state index in [1.807, 2.05) is 30.3 Å². The van der Waals surface area contributed by atoms with Crippen molar-refractivity contribution in [2.45, 2.75) is 0 Å². The number of benzene rings is 2. The normalized spacial score (nSPS) is 11.2. The van der Waals surface area contributed by atoms with Crippen LogP contribution in [0.1, 0.15) is 0 Å². The largest absolute Gasteiger partial charge is 0.425 e. The molecule has 0 radical (unpaired) electrons. The third-order valence-corrected chi connectivity index (χ3v) is 4.18. The zero-order chi connectivity index (χ0) is 18.0. The second-order valence-corrected chi connectivity index (χ2v) is 7.35. The van der Waals surface area contributed by atoms with E-state index in [0.29, 0.717) is 21.5 Å². The van der Waals surface area contributed by atoms with Crippen LogP contribution in [-0.4, -0.2) is 24.6 Å². The summed E-state index contributed by atoms with van der Waals surface area (Å²) in [4.78, 5) is 12.1. The smallest absolute Gasteiger partial charge is 0.283 e. The lowest BCUT2D eigenvalue weighted by molar-refractivity contribution is 0.180. The van der Waals surface area contributed by atoms with Gasteiger partial charge in [0.2, 0.25) is 10.0 Å². The van der Waals surface area contributed by atoms with E-state index in [9.17, 15) is 18.4 Å². The van der Waals surface area contributed by atoms with Crippen molar-refractivity contribution < 1.29 is 13.6 Å². The van der Waals surface area contributed by atoms with Crippen LogP contribution in [0.25, 0.3) is 22.4 Å². The van der Waals surface area contributed by atoms with E-state index in [4.69, 9.17) is 0 Å². The molecule has 0 aliphatic heterocycles. The van der Waals surface area contributed by atoms with Gasteiger partial charge in [-0.1, -0.05) is 42.5 Å². The minimum Gasteiger partial charge on any atom is -0.425 e. The molecule has 7 heteroatoms. The van der Waals surface area contributed by atoms with Crippen molar-refractivity contribution in [3.8, 4) is 22.4 Å². The Morgan fingerprint density at radius 2 is 1.56 bits per heavy atom. The van der Waals surface area contributed by atoms with E-state index < -0.39 is 15.6 Å². The van der Waals surface area contributed by atoms with E-state index in [1.54, 1.807) is 30.3 Å². The fourth-order valence-electron chi connectivity index (χ4n) is 2.52.